The number of benzene rings is 2. The Labute approximate surface area is 195 Å². The Kier molecular flexibility index (Phi) is 8.00. The molecule has 0 fully saturated rings. The smallest absolute Gasteiger partial charge is 0.243 e. The molecular weight excluding hydrogens is 442 g/mol. The Balaban J connectivity index is 1.76. The first-order valence-corrected chi connectivity index (χ1v) is 12.5. The topological polar surface area (TPSA) is 89.6 Å². The van der Waals surface area contributed by atoms with E-state index < -0.39 is 10.0 Å². The number of hydrogen-bond acceptors (Lipinski definition) is 4. The fourth-order valence-electron chi connectivity index (χ4n) is 3.34. The summed E-state index contributed by atoms with van der Waals surface area (Å²) in [4.78, 5) is 3.44. The summed E-state index contributed by atoms with van der Waals surface area (Å²) in [6.45, 7) is 6.99. The minimum atomic E-state index is -3.55. The molecule has 1 heterocycles. The van der Waals surface area contributed by atoms with Crippen molar-refractivity contribution >= 4 is 50.2 Å². The van der Waals surface area contributed by atoms with Crippen molar-refractivity contribution in [1.82, 2.24) is 14.7 Å². The third kappa shape index (κ3) is 5.73. The largest absolute Gasteiger partial charge is 0.361 e. The molecule has 32 heavy (non-hydrogen) atoms. The van der Waals surface area contributed by atoms with Crippen LogP contribution in [-0.2, 0) is 10.0 Å². The van der Waals surface area contributed by atoms with Gasteiger partial charge >= 0.3 is 0 Å². The SMILES string of the molecule is CCCN(CCC)S(=O)(=O)c1ccc2[nH]cc(/C=N/NC(=S)Nc3ccc(C)cc3)c2c1. The number of nitrogens with zero attached hydrogens (tertiary/aromatic N) is 2. The van der Waals surface area contributed by atoms with Crippen molar-refractivity contribution in [3.63, 3.8) is 0 Å². The van der Waals surface area contributed by atoms with Crippen LogP contribution in [0.4, 0.5) is 5.69 Å². The van der Waals surface area contributed by atoms with Crippen molar-refractivity contribution in [2.24, 2.45) is 5.10 Å². The number of sulfonamides is 1. The number of hydrogen-bond donors (Lipinski definition) is 3. The van der Waals surface area contributed by atoms with Crippen molar-refractivity contribution < 1.29 is 8.42 Å². The minimum Gasteiger partial charge on any atom is -0.361 e. The van der Waals surface area contributed by atoms with E-state index in [1.807, 2.05) is 45.0 Å². The molecule has 0 radical (unpaired) electrons. The lowest BCUT2D eigenvalue weighted by atomic mass is 10.2. The number of aromatic nitrogens is 1. The number of H-pyrrole nitrogens is 1. The molecule has 0 spiro atoms. The number of aryl methyl sites for hydroxylation is 1. The highest BCUT2D eigenvalue weighted by molar-refractivity contribution is 7.89. The summed E-state index contributed by atoms with van der Waals surface area (Å²) in [5.41, 5.74) is 6.43. The fourth-order valence-corrected chi connectivity index (χ4v) is 5.17. The molecule has 3 aromatic rings. The molecule has 0 saturated carbocycles. The molecule has 0 aliphatic rings. The Morgan fingerprint density at radius 2 is 1.81 bits per heavy atom. The highest BCUT2D eigenvalue weighted by Crippen LogP contribution is 2.24. The average Bonchev–Trinajstić information content (AvgIpc) is 3.17. The van der Waals surface area contributed by atoms with Gasteiger partial charge in [-0.1, -0.05) is 31.5 Å². The first kappa shape index (κ1) is 23.9. The molecule has 0 atom stereocenters. The van der Waals surface area contributed by atoms with Crippen molar-refractivity contribution in [2.45, 2.75) is 38.5 Å². The molecule has 0 saturated heterocycles. The van der Waals surface area contributed by atoms with Crippen LogP contribution in [0, 0.1) is 6.92 Å². The number of fused-ring (bicyclic) bond motifs is 1. The summed E-state index contributed by atoms with van der Waals surface area (Å²) in [6.07, 6.45) is 4.95. The van der Waals surface area contributed by atoms with E-state index in [0.29, 0.717) is 18.2 Å². The Hall–Kier alpha value is -2.75. The van der Waals surface area contributed by atoms with Gasteiger partial charge in [0.1, 0.15) is 0 Å². The second kappa shape index (κ2) is 10.7. The van der Waals surface area contributed by atoms with E-state index in [1.54, 1.807) is 34.9 Å². The van der Waals surface area contributed by atoms with E-state index in [-0.39, 0.29) is 4.90 Å². The summed E-state index contributed by atoms with van der Waals surface area (Å²) in [5, 5.41) is 8.41. The third-order valence-corrected chi connectivity index (χ3v) is 7.04. The predicted molar refractivity (Wildman–Crippen MR) is 136 cm³/mol. The van der Waals surface area contributed by atoms with Gasteiger partial charge in [-0.3, -0.25) is 5.43 Å². The summed E-state index contributed by atoms with van der Waals surface area (Å²) in [7, 11) is -3.55. The maximum absolute atomic E-state index is 13.1. The second-order valence-corrected chi connectivity index (χ2v) is 9.89. The van der Waals surface area contributed by atoms with Gasteiger partial charge < -0.3 is 10.3 Å². The van der Waals surface area contributed by atoms with Gasteiger partial charge in [0.2, 0.25) is 10.0 Å². The molecule has 0 amide bonds. The maximum Gasteiger partial charge on any atom is 0.243 e. The van der Waals surface area contributed by atoms with E-state index in [9.17, 15) is 8.42 Å². The molecule has 9 heteroatoms. The Morgan fingerprint density at radius 1 is 1.12 bits per heavy atom. The number of thiocarbonyl (C=S) groups is 1. The summed E-state index contributed by atoms with van der Waals surface area (Å²) >= 11 is 5.28. The van der Waals surface area contributed by atoms with E-state index in [0.717, 1.165) is 35.0 Å². The zero-order valence-corrected chi connectivity index (χ0v) is 20.2. The molecule has 7 nitrogen and oxygen atoms in total. The van der Waals surface area contributed by atoms with Crippen LogP contribution < -0.4 is 10.7 Å². The number of hydrazone groups is 1. The van der Waals surface area contributed by atoms with E-state index in [4.69, 9.17) is 12.2 Å². The highest BCUT2D eigenvalue weighted by atomic mass is 32.2. The number of rotatable bonds is 9. The summed E-state index contributed by atoms with van der Waals surface area (Å²) < 4.78 is 27.8. The minimum absolute atomic E-state index is 0.283. The van der Waals surface area contributed by atoms with Crippen LogP contribution in [0.5, 0.6) is 0 Å². The van der Waals surface area contributed by atoms with Gasteiger partial charge in [-0.25, -0.2) is 8.42 Å². The molecule has 0 aliphatic heterocycles. The van der Waals surface area contributed by atoms with Crippen LogP contribution in [0.1, 0.15) is 37.8 Å². The molecule has 3 N–H and O–H groups in total. The van der Waals surface area contributed by atoms with Crippen LogP contribution >= 0.6 is 12.2 Å². The predicted octanol–water partition coefficient (Wildman–Crippen LogP) is 4.61. The van der Waals surface area contributed by atoms with E-state index in [1.165, 1.54) is 5.56 Å². The molecule has 0 unspecified atom stereocenters. The van der Waals surface area contributed by atoms with Gasteiger partial charge in [-0.2, -0.15) is 9.41 Å². The lowest BCUT2D eigenvalue weighted by molar-refractivity contribution is 0.410. The summed E-state index contributed by atoms with van der Waals surface area (Å²) in [6, 6.07) is 13.0. The van der Waals surface area contributed by atoms with Gasteiger partial charge in [0.25, 0.3) is 0 Å². The van der Waals surface area contributed by atoms with Gasteiger partial charge in [0.05, 0.1) is 11.1 Å². The van der Waals surface area contributed by atoms with Crippen LogP contribution in [0.15, 0.2) is 58.7 Å². The van der Waals surface area contributed by atoms with Crippen LogP contribution in [0.3, 0.4) is 0 Å². The zero-order chi connectivity index (χ0) is 23.1. The lowest BCUT2D eigenvalue weighted by Gasteiger charge is -2.21. The van der Waals surface area contributed by atoms with Gasteiger partial charge in [-0.05, 0) is 62.3 Å². The van der Waals surface area contributed by atoms with Crippen LogP contribution in [-0.4, -0.2) is 42.1 Å². The summed E-state index contributed by atoms with van der Waals surface area (Å²) in [5.74, 6) is 0. The molecule has 0 bridgehead atoms. The quantitative estimate of drug-likeness (QED) is 0.241. The molecule has 2 aromatic carbocycles. The average molecular weight is 472 g/mol. The van der Waals surface area contributed by atoms with Gasteiger partial charge in [-0.15, -0.1) is 0 Å². The van der Waals surface area contributed by atoms with Crippen molar-refractivity contribution in [3.05, 3.63) is 59.8 Å². The van der Waals surface area contributed by atoms with Crippen molar-refractivity contribution in [3.8, 4) is 0 Å². The highest BCUT2D eigenvalue weighted by Gasteiger charge is 2.23. The number of nitrogens with one attached hydrogen (secondary N) is 3. The normalized spacial score (nSPS) is 12.0. The molecule has 1 aromatic heterocycles. The third-order valence-electron chi connectivity index (χ3n) is 4.95. The van der Waals surface area contributed by atoms with Gasteiger partial charge in [0.15, 0.2) is 5.11 Å². The first-order valence-electron chi connectivity index (χ1n) is 10.6. The standard InChI is InChI=1S/C23H29N5O2S2/c1-4-12-28(13-5-2)32(29,30)20-10-11-22-21(14-20)18(15-24-22)16-25-27-23(31)26-19-8-6-17(3)7-9-19/h6-11,14-16,24H,4-5,12-13H2,1-3H3,(H2,26,27,31)/b25-16+. The molecular formula is C23H29N5O2S2. The van der Waals surface area contributed by atoms with Crippen LogP contribution in [0.2, 0.25) is 0 Å². The first-order chi connectivity index (χ1) is 15.3. The van der Waals surface area contributed by atoms with Crippen molar-refractivity contribution in [1.29, 1.82) is 0 Å². The lowest BCUT2D eigenvalue weighted by Crippen LogP contribution is -2.32. The molecule has 0 aliphatic carbocycles. The molecule has 3 rings (SSSR count). The Morgan fingerprint density at radius 3 is 2.47 bits per heavy atom. The van der Waals surface area contributed by atoms with Crippen LogP contribution in [0.25, 0.3) is 10.9 Å². The van der Waals surface area contributed by atoms with Crippen molar-refractivity contribution in [2.75, 3.05) is 18.4 Å². The van der Waals surface area contributed by atoms with E-state index >= 15 is 0 Å². The Bertz CT molecular complexity index is 1190. The zero-order valence-electron chi connectivity index (χ0n) is 18.6. The monoisotopic (exact) mass is 471 g/mol. The molecule has 170 valence electrons. The maximum atomic E-state index is 13.1. The van der Waals surface area contributed by atoms with Gasteiger partial charge in [0, 0.05) is 41.4 Å². The number of aromatic amines is 1. The second-order valence-electron chi connectivity index (χ2n) is 7.55. The van der Waals surface area contributed by atoms with E-state index in [2.05, 4.69) is 20.8 Å². The number of anilines is 1. The fraction of sp³-hybridized carbons (Fsp3) is 0.304.